The zero-order valence-electron chi connectivity index (χ0n) is 18.6. The van der Waals surface area contributed by atoms with E-state index in [2.05, 4.69) is 6.08 Å². The lowest BCUT2D eigenvalue weighted by atomic mass is 9.96. The van der Waals surface area contributed by atoms with Gasteiger partial charge in [0.2, 0.25) is 0 Å². The van der Waals surface area contributed by atoms with Gasteiger partial charge in [-0.1, -0.05) is 23.3 Å². The van der Waals surface area contributed by atoms with Crippen molar-refractivity contribution in [3.05, 3.63) is 58.2 Å². The van der Waals surface area contributed by atoms with Crippen molar-refractivity contribution in [1.82, 2.24) is 0 Å². The summed E-state index contributed by atoms with van der Waals surface area (Å²) in [5, 5.41) is 22.0. The second kappa shape index (κ2) is 8.06. The second-order valence-electron chi connectivity index (χ2n) is 8.43. The summed E-state index contributed by atoms with van der Waals surface area (Å²) in [5.41, 5.74) is 6.08. The lowest BCUT2D eigenvalue weighted by Gasteiger charge is -2.22. The van der Waals surface area contributed by atoms with Crippen molar-refractivity contribution < 1.29 is 24.1 Å². The van der Waals surface area contributed by atoms with Crippen LogP contribution in [0.1, 0.15) is 44.4 Å². The molecule has 0 radical (unpaired) electrons. The molecule has 1 aliphatic heterocycles. The zero-order chi connectivity index (χ0) is 22.3. The predicted octanol–water partition coefficient (Wildman–Crippen LogP) is 6.43. The van der Waals surface area contributed by atoms with Gasteiger partial charge in [-0.05, 0) is 52.2 Å². The number of phenolic OH excluding ortho intramolecular Hbond substituents is 2. The fourth-order valence-corrected chi connectivity index (χ4v) is 3.92. The smallest absolute Gasteiger partial charge is 0.149 e. The first-order valence-electron chi connectivity index (χ1n) is 10.4. The molecule has 0 saturated carbocycles. The van der Waals surface area contributed by atoms with Gasteiger partial charge in [-0.15, -0.1) is 0 Å². The molecule has 0 unspecified atom stereocenters. The first-order valence-corrected chi connectivity index (χ1v) is 10.4. The fourth-order valence-electron chi connectivity index (χ4n) is 3.92. The van der Waals surface area contributed by atoms with E-state index in [4.69, 9.17) is 13.9 Å². The molecule has 2 heterocycles. The Bertz CT molecular complexity index is 1220. The number of hydrogen-bond acceptors (Lipinski definition) is 5. The molecule has 2 aromatic carbocycles. The molecule has 0 bridgehead atoms. The maximum Gasteiger partial charge on any atom is 0.149 e. The molecule has 0 aliphatic carbocycles. The van der Waals surface area contributed by atoms with Gasteiger partial charge in [0.05, 0.1) is 7.11 Å². The number of benzene rings is 2. The summed E-state index contributed by atoms with van der Waals surface area (Å²) in [5.74, 6) is 2.07. The Balaban J connectivity index is 1.92. The van der Waals surface area contributed by atoms with E-state index < -0.39 is 0 Å². The summed E-state index contributed by atoms with van der Waals surface area (Å²) in [4.78, 5) is 0. The second-order valence-corrected chi connectivity index (χ2v) is 8.43. The molecule has 3 aromatic rings. The molecule has 5 heteroatoms. The van der Waals surface area contributed by atoms with Gasteiger partial charge in [0.25, 0.3) is 0 Å². The van der Waals surface area contributed by atoms with Gasteiger partial charge in [-0.2, -0.15) is 0 Å². The third kappa shape index (κ3) is 3.76. The number of allylic oxidation sites excluding steroid dienone is 4. The zero-order valence-corrected chi connectivity index (χ0v) is 18.6. The SMILES string of the molecule is COc1c(CC=C(C)C)c(O)cc2c1-c1oc3cc(O)c(CC=C(C)C)cc3c1CO2. The number of fused-ring (bicyclic) bond motifs is 5. The maximum atomic E-state index is 10.6. The summed E-state index contributed by atoms with van der Waals surface area (Å²) in [6.07, 6.45) is 5.31. The molecule has 0 saturated heterocycles. The number of hydrogen-bond donors (Lipinski definition) is 2. The van der Waals surface area contributed by atoms with E-state index in [0.717, 1.165) is 22.1 Å². The van der Waals surface area contributed by atoms with E-state index in [9.17, 15) is 10.2 Å². The van der Waals surface area contributed by atoms with Crippen molar-refractivity contribution in [2.24, 2.45) is 0 Å². The van der Waals surface area contributed by atoms with Gasteiger partial charge in [0, 0.05) is 28.6 Å². The van der Waals surface area contributed by atoms with Crippen molar-refractivity contribution in [2.45, 2.75) is 47.1 Å². The van der Waals surface area contributed by atoms with Crippen molar-refractivity contribution >= 4 is 11.0 Å². The Morgan fingerprint density at radius 3 is 2.39 bits per heavy atom. The average molecular weight is 421 g/mol. The molecule has 31 heavy (non-hydrogen) atoms. The first kappa shape index (κ1) is 20.9. The van der Waals surface area contributed by atoms with E-state index in [1.54, 1.807) is 19.2 Å². The number of furan rings is 1. The van der Waals surface area contributed by atoms with E-state index >= 15 is 0 Å². The Kier molecular flexibility index (Phi) is 5.44. The van der Waals surface area contributed by atoms with Crippen molar-refractivity contribution in [3.8, 4) is 34.3 Å². The highest BCUT2D eigenvalue weighted by atomic mass is 16.5. The van der Waals surface area contributed by atoms with Gasteiger partial charge in [0.15, 0.2) is 0 Å². The maximum absolute atomic E-state index is 10.6. The van der Waals surface area contributed by atoms with Crippen LogP contribution in [0.25, 0.3) is 22.3 Å². The normalized spacial score (nSPS) is 12.0. The Morgan fingerprint density at radius 2 is 1.71 bits per heavy atom. The van der Waals surface area contributed by atoms with Crippen LogP contribution in [0.3, 0.4) is 0 Å². The molecule has 0 amide bonds. The number of phenols is 2. The van der Waals surface area contributed by atoms with Crippen molar-refractivity contribution in [2.75, 3.05) is 7.11 Å². The van der Waals surface area contributed by atoms with Crippen LogP contribution in [0.2, 0.25) is 0 Å². The minimum absolute atomic E-state index is 0.134. The molecule has 0 atom stereocenters. The van der Waals surface area contributed by atoms with Crippen LogP contribution in [0.15, 0.2) is 45.9 Å². The highest BCUT2D eigenvalue weighted by Gasteiger charge is 2.31. The molecule has 1 aliphatic rings. The van der Waals surface area contributed by atoms with Crippen LogP contribution >= 0.6 is 0 Å². The molecular formula is C26H28O5. The van der Waals surface area contributed by atoms with Gasteiger partial charge in [-0.3, -0.25) is 0 Å². The number of ether oxygens (including phenoxy) is 2. The van der Waals surface area contributed by atoms with Gasteiger partial charge in [-0.25, -0.2) is 0 Å². The standard InChI is InChI=1S/C26H28O5/c1-14(2)6-8-16-10-18-19-13-30-23-12-21(28)17(9-7-15(3)4)25(29-5)24(23)26(19)31-22(18)11-20(16)27/h6-7,10-12,27-28H,8-9,13H2,1-5H3. The van der Waals surface area contributed by atoms with Gasteiger partial charge < -0.3 is 24.1 Å². The van der Waals surface area contributed by atoms with Crippen LogP contribution in [0.4, 0.5) is 0 Å². The number of aromatic hydroxyl groups is 2. The van der Waals surface area contributed by atoms with E-state index in [-0.39, 0.29) is 11.5 Å². The topological polar surface area (TPSA) is 72.1 Å². The molecule has 4 rings (SSSR count). The van der Waals surface area contributed by atoms with E-state index in [1.807, 2.05) is 39.8 Å². The Labute approximate surface area is 182 Å². The summed E-state index contributed by atoms with van der Waals surface area (Å²) in [7, 11) is 1.58. The van der Waals surface area contributed by atoms with E-state index in [1.165, 1.54) is 5.57 Å². The highest BCUT2D eigenvalue weighted by molar-refractivity contribution is 5.93. The first-order chi connectivity index (χ1) is 14.8. The highest BCUT2D eigenvalue weighted by Crippen LogP contribution is 2.51. The number of methoxy groups -OCH3 is 1. The van der Waals surface area contributed by atoms with Crippen molar-refractivity contribution in [3.63, 3.8) is 0 Å². The molecule has 2 N–H and O–H groups in total. The minimum atomic E-state index is 0.134. The largest absolute Gasteiger partial charge is 0.508 e. The monoisotopic (exact) mass is 420 g/mol. The Morgan fingerprint density at radius 1 is 1.00 bits per heavy atom. The van der Waals surface area contributed by atoms with Crippen LogP contribution < -0.4 is 9.47 Å². The summed E-state index contributed by atoms with van der Waals surface area (Å²) in [6.45, 7) is 8.42. The van der Waals surface area contributed by atoms with Crippen LogP contribution in [0, 0.1) is 0 Å². The summed E-state index contributed by atoms with van der Waals surface area (Å²) < 4.78 is 17.9. The predicted molar refractivity (Wildman–Crippen MR) is 122 cm³/mol. The van der Waals surface area contributed by atoms with Crippen molar-refractivity contribution in [1.29, 1.82) is 0 Å². The third-order valence-electron chi connectivity index (χ3n) is 5.56. The van der Waals surface area contributed by atoms with Gasteiger partial charge in [0.1, 0.15) is 46.5 Å². The summed E-state index contributed by atoms with van der Waals surface area (Å²) in [6, 6.07) is 5.26. The minimum Gasteiger partial charge on any atom is -0.508 e. The lowest BCUT2D eigenvalue weighted by Crippen LogP contribution is -2.07. The van der Waals surface area contributed by atoms with Crippen LogP contribution in [0.5, 0.6) is 23.0 Å². The lowest BCUT2D eigenvalue weighted by molar-refractivity contribution is 0.294. The van der Waals surface area contributed by atoms with E-state index in [0.29, 0.717) is 53.4 Å². The molecule has 0 spiro atoms. The summed E-state index contributed by atoms with van der Waals surface area (Å²) >= 11 is 0. The number of rotatable bonds is 5. The quantitative estimate of drug-likeness (QED) is 0.465. The molecule has 162 valence electrons. The molecule has 1 aromatic heterocycles. The Hall–Kier alpha value is -3.34. The third-order valence-corrected chi connectivity index (χ3v) is 5.56. The molecule has 5 nitrogen and oxygen atoms in total. The van der Waals surface area contributed by atoms with Crippen LogP contribution in [-0.2, 0) is 19.4 Å². The molecule has 0 fully saturated rings. The van der Waals surface area contributed by atoms with Crippen LogP contribution in [-0.4, -0.2) is 17.3 Å². The average Bonchev–Trinajstić information content (AvgIpc) is 3.06. The molecular weight excluding hydrogens is 392 g/mol. The van der Waals surface area contributed by atoms with Gasteiger partial charge >= 0.3 is 0 Å². The fraction of sp³-hybridized carbons (Fsp3) is 0.308.